The highest BCUT2D eigenvalue weighted by atomic mass is 16.3. The van der Waals surface area contributed by atoms with Crippen molar-refractivity contribution in [2.75, 3.05) is 26.2 Å². The topological polar surface area (TPSA) is 52.6 Å². The molecule has 1 aliphatic heterocycles. The Kier molecular flexibility index (Phi) is 4.80. The number of nitrogens with zero attached hydrogens (tertiary/aromatic N) is 1. The summed E-state index contributed by atoms with van der Waals surface area (Å²) in [6, 6.07) is 0.403. The Balaban J connectivity index is 1.71. The molecule has 2 fully saturated rings. The SMILES string of the molecule is O=C(CN1CCCCC1CCO)NCC1CC1. The van der Waals surface area contributed by atoms with Crippen LogP contribution in [0.4, 0.5) is 0 Å². The van der Waals surface area contributed by atoms with Gasteiger partial charge in [0, 0.05) is 19.2 Å². The molecule has 0 bridgehead atoms. The number of carbonyl (C=O) groups excluding carboxylic acids is 1. The quantitative estimate of drug-likeness (QED) is 0.720. The van der Waals surface area contributed by atoms with Crippen LogP contribution in [0.3, 0.4) is 0 Å². The van der Waals surface area contributed by atoms with Crippen molar-refractivity contribution in [1.29, 1.82) is 0 Å². The fourth-order valence-corrected chi connectivity index (χ4v) is 2.56. The molecule has 2 N–H and O–H groups in total. The summed E-state index contributed by atoms with van der Waals surface area (Å²) >= 11 is 0. The third kappa shape index (κ3) is 4.28. The molecule has 0 spiro atoms. The van der Waals surface area contributed by atoms with Crippen LogP contribution in [0.15, 0.2) is 0 Å². The molecule has 1 saturated heterocycles. The molecule has 1 heterocycles. The highest BCUT2D eigenvalue weighted by molar-refractivity contribution is 5.78. The van der Waals surface area contributed by atoms with E-state index in [4.69, 9.17) is 5.11 Å². The zero-order chi connectivity index (χ0) is 12.1. The van der Waals surface area contributed by atoms with Crippen LogP contribution in [-0.2, 0) is 4.79 Å². The van der Waals surface area contributed by atoms with Gasteiger partial charge in [-0.2, -0.15) is 0 Å². The van der Waals surface area contributed by atoms with Crippen molar-refractivity contribution >= 4 is 5.91 Å². The van der Waals surface area contributed by atoms with Gasteiger partial charge in [0.25, 0.3) is 0 Å². The number of amides is 1. The molecule has 98 valence electrons. The van der Waals surface area contributed by atoms with Crippen LogP contribution in [-0.4, -0.2) is 48.2 Å². The summed E-state index contributed by atoms with van der Waals surface area (Å²) < 4.78 is 0. The van der Waals surface area contributed by atoms with Crippen LogP contribution in [0, 0.1) is 5.92 Å². The molecule has 0 radical (unpaired) electrons. The fourth-order valence-electron chi connectivity index (χ4n) is 2.56. The highest BCUT2D eigenvalue weighted by Crippen LogP contribution is 2.27. The second kappa shape index (κ2) is 6.36. The average Bonchev–Trinajstić information content (AvgIpc) is 3.13. The van der Waals surface area contributed by atoms with Gasteiger partial charge in [0.2, 0.25) is 5.91 Å². The molecular formula is C13H24N2O2. The van der Waals surface area contributed by atoms with E-state index in [-0.39, 0.29) is 12.5 Å². The molecule has 0 aromatic carbocycles. The number of aliphatic hydroxyl groups excluding tert-OH is 1. The first-order chi connectivity index (χ1) is 8.29. The summed E-state index contributed by atoms with van der Waals surface area (Å²) in [5.41, 5.74) is 0. The van der Waals surface area contributed by atoms with Gasteiger partial charge in [-0.25, -0.2) is 0 Å². The van der Waals surface area contributed by atoms with Gasteiger partial charge in [0.1, 0.15) is 0 Å². The minimum Gasteiger partial charge on any atom is -0.396 e. The van der Waals surface area contributed by atoms with Gasteiger partial charge < -0.3 is 10.4 Å². The Bertz CT molecular complexity index is 252. The minimum absolute atomic E-state index is 0.154. The zero-order valence-electron chi connectivity index (χ0n) is 10.5. The molecule has 1 saturated carbocycles. The van der Waals surface area contributed by atoms with E-state index in [0.29, 0.717) is 12.6 Å². The highest BCUT2D eigenvalue weighted by Gasteiger charge is 2.25. The van der Waals surface area contributed by atoms with Crippen LogP contribution in [0.25, 0.3) is 0 Å². The van der Waals surface area contributed by atoms with Crippen molar-refractivity contribution in [1.82, 2.24) is 10.2 Å². The van der Waals surface area contributed by atoms with Crippen molar-refractivity contribution in [3.05, 3.63) is 0 Å². The molecule has 1 aliphatic carbocycles. The lowest BCUT2D eigenvalue weighted by atomic mass is 10.00. The zero-order valence-corrected chi connectivity index (χ0v) is 10.5. The maximum Gasteiger partial charge on any atom is 0.234 e. The molecule has 1 amide bonds. The molecule has 1 unspecified atom stereocenters. The molecule has 0 aromatic rings. The molecule has 0 aromatic heterocycles. The van der Waals surface area contributed by atoms with Gasteiger partial charge in [-0.05, 0) is 44.6 Å². The number of nitrogens with one attached hydrogen (secondary N) is 1. The second-order valence-corrected chi connectivity index (χ2v) is 5.38. The van der Waals surface area contributed by atoms with Gasteiger partial charge in [-0.3, -0.25) is 9.69 Å². The normalized spacial score (nSPS) is 25.8. The Morgan fingerprint density at radius 1 is 1.29 bits per heavy atom. The number of piperidine rings is 1. The van der Waals surface area contributed by atoms with Crippen molar-refractivity contribution < 1.29 is 9.90 Å². The van der Waals surface area contributed by atoms with Crippen molar-refractivity contribution in [3.63, 3.8) is 0 Å². The summed E-state index contributed by atoms with van der Waals surface area (Å²) in [6.45, 7) is 2.60. The van der Waals surface area contributed by atoms with E-state index in [2.05, 4.69) is 10.2 Å². The number of likely N-dealkylation sites (tertiary alicyclic amines) is 1. The van der Waals surface area contributed by atoms with Gasteiger partial charge in [0.05, 0.1) is 6.54 Å². The lowest BCUT2D eigenvalue weighted by molar-refractivity contribution is -0.123. The standard InChI is InChI=1S/C13H24N2O2/c16-8-6-12-3-1-2-7-15(12)10-13(17)14-9-11-4-5-11/h11-12,16H,1-10H2,(H,14,17). The lowest BCUT2D eigenvalue weighted by Gasteiger charge is -2.34. The van der Waals surface area contributed by atoms with Crippen LogP contribution >= 0.6 is 0 Å². The third-order valence-electron chi connectivity index (χ3n) is 3.84. The number of aliphatic hydroxyl groups is 1. The largest absolute Gasteiger partial charge is 0.396 e. The Morgan fingerprint density at radius 2 is 2.12 bits per heavy atom. The number of carbonyl (C=O) groups is 1. The third-order valence-corrected chi connectivity index (χ3v) is 3.84. The van der Waals surface area contributed by atoms with Crippen molar-refractivity contribution in [2.24, 2.45) is 5.92 Å². The fraction of sp³-hybridized carbons (Fsp3) is 0.923. The maximum atomic E-state index is 11.8. The van der Waals surface area contributed by atoms with Crippen LogP contribution in [0.2, 0.25) is 0 Å². The summed E-state index contributed by atoms with van der Waals surface area (Å²) in [4.78, 5) is 14.0. The van der Waals surface area contributed by atoms with Gasteiger partial charge >= 0.3 is 0 Å². The predicted octanol–water partition coefficient (Wildman–Crippen LogP) is 0.749. The predicted molar refractivity (Wildman–Crippen MR) is 66.6 cm³/mol. The molecule has 4 nitrogen and oxygen atoms in total. The summed E-state index contributed by atoms with van der Waals surface area (Å²) in [6.07, 6.45) is 6.88. The van der Waals surface area contributed by atoms with Crippen LogP contribution in [0.1, 0.15) is 38.5 Å². The molecular weight excluding hydrogens is 216 g/mol. The van der Waals surface area contributed by atoms with E-state index in [9.17, 15) is 4.79 Å². The first kappa shape index (κ1) is 12.8. The van der Waals surface area contributed by atoms with Crippen LogP contribution in [0.5, 0.6) is 0 Å². The van der Waals surface area contributed by atoms with Gasteiger partial charge in [0.15, 0.2) is 0 Å². The van der Waals surface area contributed by atoms with E-state index in [0.717, 1.165) is 31.8 Å². The van der Waals surface area contributed by atoms with E-state index in [1.807, 2.05) is 0 Å². The summed E-state index contributed by atoms with van der Waals surface area (Å²) in [7, 11) is 0. The monoisotopic (exact) mass is 240 g/mol. The second-order valence-electron chi connectivity index (χ2n) is 5.38. The lowest BCUT2D eigenvalue weighted by Crippen LogP contribution is -2.46. The minimum atomic E-state index is 0.154. The molecule has 2 aliphatic rings. The van der Waals surface area contributed by atoms with Crippen molar-refractivity contribution in [2.45, 2.75) is 44.6 Å². The number of hydrogen-bond donors (Lipinski definition) is 2. The first-order valence-corrected chi connectivity index (χ1v) is 6.91. The van der Waals surface area contributed by atoms with E-state index < -0.39 is 0 Å². The van der Waals surface area contributed by atoms with Gasteiger partial charge in [-0.15, -0.1) is 0 Å². The molecule has 4 heteroatoms. The number of rotatable bonds is 6. The van der Waals surface area contributed by atoms with Crippen molar-refractivity contribution in [3.8, 4) is 0 Å². The van der Waals surface area contributed by atoms with E-state index in [1.165, 1.54) is 25.7 Å². The number of hydrogen-bond acceptors (Lipinski definition) is 3. The average molecular weight is 240 g/mol. The molecule has 17 heavy (non-hydrogen) atoms. The Labute approximate surface area is 103 Å². The maximum absolute atomic E-state index is 11.8. The Morgan fingerprint density at radius 3 is 2.82 bits per heavy atom. The first-order valence-electron chi connectivity index (χ1n) is 6.91. The molecule has 1 atom stereocenters. The van der Waals surface area contributed by atoms with E-state index in [1.54, 1.807) is 0 Å². The van der Waals surface area contributed by atoms with E-state index >= 15 is 0 Å². The smallest absolute Gasteiger partial charge is 0.234 e. The summed E-state index contributed by atoms with van der Waals surface area (Å²) in [5.74, 6) is 0.898. The van der Waals surface area contributed by atoms with Crippen LogP contribution < -0.4 is 5.32 Å². The van der Waals surface area contributed by atoms with Gasteiger partial charge in [-0.1, -0.05) is 6.42 Å². The molecule has 2 rings (SSSR count). The summed E-state index contributed by atoms with van der Waals surface area (Å²) in [5, 5.41) is 12.0. The Hall–Kier alpha value is -0.610.